The summed E-state index contributed by atoms with van der Waals surface area (Å²) < 4.78 is 25.7. The monoisotopic (exact) mass is 271 g/mol. The third-order valence-electron chi connectivity index (χ3n) is 2.81. The summed E-state index contributed by atoms with van der Waals surface area (Å²) >= 11 is 0. The minimum atomic E-state index is -3.76. The standard InChI is InChI=1S/C10H13N3O4S/c1-7-10(15)11-4-5-13(7)18(16,17)8-2-3-9(14)12-6-8/h2-3,6-7H,4-5H2,1H3,(H,11,15)(H,12,14). The molecular formula is C10H13N3O4S. The van der Waals surface area contributed by atoms with Crippen LogP contribution in [-0.2, 0) is 14.8 Å². The van der Waals surface area contributed by atoms with Crippen molar-refractivity contribution in [2.75, 3.05) is 13.1 Å². The van der Waals surface area contributed by atoms with Crippen molar-refractivity contribution in [3.63, 3.8) is 0 Å². The van der Waals surface area contributed by atoms with Crippen LogP contribution in [0.1, 0.15) is 6.92 Å². The molecule has 0 aliphatic carbocycles. The second kappa shape index (κ2) is 4.54. The van der Waals surface area contributed by atoms with Gasteiger partial charge in [-0.25, -0.2) is 8.42 Å². The van der Waals surface area contributed by atoms with Gasteiger partial charge in [0.25, 0.3) is 0 Å². The number of piperazine rings is 1. The van der Waals surface area contributed by atoms with Gasteiger partial charge in [-0.2, -0.15) is 4.31 Å². The van der Waals surface area contributed by atoms with Crippen molar-refractivity contribution in [3.8, 4) is 0 Å². The number of rotatable bonds is 2. The summed E-state index contributed by atoms with van der Waals surface area (Å²) in [4.78, 5) is 24.7. The van der Waals surface area contributed by atoms with E-state index in [4.69, 9.17) is 0 Å². The average molecular weight is 271 g/mol. The molecule has 1 aliphatic heterocycles. The Morgan fingerprint density at radius 3 is 2.67 bits per heavy atom. The van der Waals surface area contributed by atoms with Crippen molar-refractivity contribution >= 4 is 15.9 Å². The first-order valence-electron chi connectivity index (χ1n) is 5.41. The van der Waals surface area contributed by atoms with Gasteiger partial charge in [-0.3, -0.25) is 9.59 Å². The first-order valence-corrected chi connectivity index (χ1v) is 6.85. The molecule has 1 saturated heterocycles. The number of nitrogens with one attached hydrogen (secondary N) is 2. The fourth-order valence-electron chi connectivity index (χ4n) is 1.78. The molecule has 0 aromatic carbocycles. The Morgan fingerprint density at radius 2 is 2.06 bits per heavy atom. The number of hydrogen-bond donors (Lipinski definition) is 2. The molecule has 1 unspecified atom stereocenters. The van der Waals surface area contributed by atoms with E-state index < -0.39 is 16.1 Å². The summed E-state index contributed by atoms with van der Waals surface area (Å²) in [7, 11) is -3.76. The van der Waals surface area contributed by atoms with Crippen molar-refractivity contribution in [1.82, 2.24) is 14.6 Å². The highest BCUT2D eigenvalue weighted by atomic mass is 32.2. The molecule has 0 spiro atoms. The van der Waals surface area contributed by atoms with Crippen LogP contribution in [0.2, 0.25) is 0 Å². The summed E-state index contributed by atoms with van der Waals surface area (Å²) in [6.07, 6.45) is 1.14. The Labute approximate surface area is 104 Å². The molecule has 18 heavy (non-hydrogen) atoms. The van der Waals surface area contributed by atoms with Crippen molar-refractivity contribution < 1.29 is 13.2 Å². The number of nitrogens with zero attached hydrogens (tertiary/aromatic N) is 1. The highest BCUT2D eigenvalue weighted by Gasteiger charge is 2.35. The maximum absolute atomic E-state index is 12.3. The lowest BCUT2D eigenvalue weighted by molar-refractivity contribution is -0.126. The molecule has 2 rings (SSSR count). The fourth-order valence-corrected chi connectivity index (χ4v) is 3.34. The van der Waals surface area contributed by atoms with Crippen LogP contribution in [-0.4, -0.2) is 42.7 Å². The molecule has 2 heterocycles. The van der Waals surface area contributed by atoms with Crippen LogP contribution in [0.25, 0.3) is 0 Å². The molecule has 1 aliphatic rings. The minimum absolute atomic E-state index is 0.0244. The van der Waals surface area contributed by atoms with Crippen molar-refractivity contribution in [2.45, 2.75) is 17.9 Å². The van der Waals surface area contributed by atoms with Crippen LogP contribution < -0.4 is 10.9 Å². The lowest BCUT2D eigenvalue weighted by Gasteiger charge is -2.31. The summed E-state index contributed by atoms with van der Waals surface area (Å²) in [5.41, 5.74) is -0.376. The van der Waals surface area contributed by atoms with Crippen LogP contribution in [0.3, 0.4) is 0 Å². The van der Waals surface area contributed by atoms with Crippen molar-refractivity contribution in [1.29, 1.82) is 0 Å². The van der Waals surface area contributed by atoms with Crippen LogP contribution in [0.15, 0.2) is 28.0 Å². The van der Waals surface area contributed by atoms with E-state index in [1.165, 1.54) is 13.0 Å². The number of amides is 1. The Balaban J connectivity index is 2.39. The number of aromatic nitrogens is 1. The number of aromatic amines is 1. The highest BCUT2D eigenvalue weighted by Crippen LogP contribution is 2.17. The molecule has 1 atom stereocenters. The minimum Gasteiger partial charge on any atom is -0.353 e. The molecule has 1 fully saturated rings. The molecule has 98 valence electrons. The molecule has 1 amide bonds. The van der Waals surface area contributed by atoms with Crippen LogP contribution in [0, 0.1) is 0 Å². The summed E-state index contributed by atoms with van der Waals surface area (Å²) in [6.45, 7) is 2.03. The largest absolute Gasteiger partial charge is 0.353 e. The smallest absolute Gasteiger partial charge is 0.247 e. The number of sulfonamides is 1. The topological polar surface area (TPSA) is 99.3 Å². The second-order valence-corrected chi connectivity index (χ2v) is 5.86. The third kappa shape index (κ3) is 2.16. The van der Waals surface area contributed by atoms with Gasteiger partial charge in [0.05, 0.1) is 4.90 Å². The summed E-state index contributed by atoms with van der Waals surface area (Å²) in [5.74, 6) is -0.325. The summed E-state index contributed by atoms with van der Waals surface area (Å²) in [6, 6.07) is 1.62. The van der Waals surface area contributed by atoms with E-state index in [0.717, 1.165) is 16.6 Å². The molecule has 1 aromatic rings. The molecule has 0 saturated carbocycles. The number of hydrogen-bond acceptors (Lipinski definition) is 4. The Hall–Kier alpha value is -1.67. The first kappa shape index (κ1) is 12.8. The molecule has 2 N–H and O–H groups in total. The number of pyridine rings is 1. The zero-order valence-electron chi connectivity index (χ0n) is 9.71. The number of carbonyl (C=O) groups excluding carboxylic acids is 1. The molecule has 0 radical (unpaired) electrons. The van der Waals surface area contributed by atoms with E-state index in [9.17, 15) is 18.0 Å². The molecule has 8 heteroatoms. The van der Waals surface area contributed by atoms with Crippen LogP contribution >= 0.6 is 0 Å². The van der Waals surface area contributed by atoms with Crippen LogP contribution in [0.4, 0.5) is 0 Å². The van der Waals surface area contributed by atoms with Gasteiger partial charge >= 0.3 is 0 Å². The van der Waals surface area contributed by atoms with Gasteiger partial charge in [0.1, 0.15) is 6.04 Å². The molecular weight excluding hydrogens is 258 g/mol. The predicted octanol–water partition coefficient (Wildman–Crippen LogP) is -1.12. The number of carbonyl (C=O) groups is 1. The Kier molecular flexibility index (Phi) is 3.22. The second-order valence-electron chi connectivity index (χ2n) is 3.97. The van der Waals surface area contributed by atoms with Gasteiger partial charge in [-0.15, -0.1) is 0 Å². The van der Waals surface area contributed by atoms with Gasteiger partial charge in [0, 0.05) is 25.4 Å². The maximum atomic E-state index is 12.3. The van der Waals surface area contributed by atoms with E-state index in [1.54, 1.807) is 0 Å². The van der Waals surface area contributed by atoms with Crippen molar-refractivity contribution in [3.05, 3.63) is 28.7 Å². The zero-order chi connectivity index (χ0) is 13.3. The van der Waals surface area contributed by atoms with Gasteiger partial charge in [0.15, 0.2) is 0 Å². The van der Waals surface area contributed by atoms with E-state index in [2.05, 4.69) is 10.3 Å². The molecule has 1 aromatic heterocycles. The van der Waals surface area contributed by atoms with E-state index >= 15 is 0 Å². The normalized spacial score (nSPS) is 21.6. The number of H-pyrrole nitrogens is 1. The quantitative estimate of drug-likeness (QED) is 0.712. The van der Waals surface area contributed by atoms with Gasteiger partial charge in [0.2, 0.25) is 21.5 Å². The Bertz CT molecular complexity index is 602. The highest BCUT2D eigenvalue weighted by molar-refractivity contribution is 7.89. The third-order valence-corrected chi connectivity index (χ3v) is 4.77. The van der Waals surface area contributed by atoms with E-state index in [1.807, 2.05) is 0 Å². The maximum Gasteiger partial charge on any atom is 0.247 e. The zero-order valence-corrected chi connectivity index (χ0v) is 10.5. The van der Waals surface area contributed by atoms with E-state index in [-0.39, 0.29) is 29.5 Å². The average Bonchev–Trinajstić information content (AvgIpc) is 2.33. The summed E-state index contributed by atoms with van der Waals surface area (Å²) in [5, 5.41) is 2.59. The fraction of sp³-hybridized carbons (Fsp3) is 0.400. The van der Waals surface area contributed by atoms with Gasteiger partial charge in [-0.05, 0) is 13.0 Å². The lowest BCUT2D eigenvalue weighted by Crippen LogP contribution is -2.55. The Morgan fingerprint density at radius 1 is 1.33 bits per heavy atom. The van der Waals surface area contributed by atoms with Gasteiger partial charge < -0.3 is 10.3 Å². The lowest BCUT2D eigenvalue weighted by atomic mass is 10.2. The molecule has 0 bridgehead atoms. The predicted molar refractivity (Wildman–Crippen MR) is 63.4 cm³/mol. The van der Waals surface area contributed by atoms with Crippen molar-refractivity contribution in [2.24, 2.45) is 0 Å². The van der Waals surface area contributed by atoms with Crippen LogP contribution in [0.5, 0.6) is 0 Å². The van der Waals surface area contributed by atoms with Gasteiger partial charge in [-0.1, -0.05) is 0 Å². The van der Waals surface area contributed by atoms with E-state index in [0.29, 0.717) is 0 Å². The SMILES string of the molecule is CC1C(=O)NCCN1S(=O)(=O)c1ccc(=O)[nH]c1. The molecule has 7 nitrogen and oxygen atoms in total. The first-order chi connectivity index (χ1) is 8.43.